The van der Waals surface area contributed by atoms with E-state index in [1.807, 2.05) is 6.08 Å². The van der Waals surface area contributed by atoms with Crippen LogP contribution >= 0.6 is 24.0 Å². The van der Waals surface area contributed by atoms with E-state index in [0.29, 0.717) is 6.04 Å². The average Bonchev–Trinajstić information content (AvgIpc) is 3.06. The Labute approximate surface area is 171 Å². The fraction of sp³-hybridized carbons (Fsp3) is 0.842. The number of halogens is 1. The van der Waals surface area contributed by atoms with Crippen LogP contribution in [0.3, 0.4) is 0 Å². The van der Waals surface area contributed by atoms with E-state index < -0.39 is 0 Å². The van der Waals surface area contributed by atoms with Crippen LogP contribution in [0.5, 0.6) is 0 Å². The Morgan fingerprint density at radius 3 is 3.00 bits per heavy atom. The molecule has 2 heterocycles. The molecule has 6 heteroatoms. The van der Waals surface area contributed by atoms with Crippen molar-refractivity contribution in [3.8, 4) is 0 Å². The van der Waals surface area contributed by atoms with Crippen molar-refractivity contribution in [3.05, 3.63) is 12.7 Å². The van der Waals surface area contributed by atoms with Crippen molar-refractivity contribution < 1.29 is 4.74 Å². The smallest absolute Gasteiger partial charge is 0.193 e. The molecule has 0 bridgehead atoms. The molecule has 25 heavy (non-hydrogen) atoms. The molecule has 2 atom stereocenters. The third-order valence-corrected chi connectivity index (χ3v) is 5.00. The maximum absolute atomic E-state index is 6.02. The molecule has 0 aromatic rings. The highest BCUT2D eigenvalue weighted by Crippen LogP contribution is 2.22. The lowest BCUT2D eigenvalue weighted by atomic mass is 10.2. The van der Waals surface area contributed by atoms with E-state index in [4.69, 9.17) is 9.73 Å². The number of unbranched alkanes of at least 4 members (excludes halogenated alkanes) is 3. The zero-order valence-electron chi connectivity index (χ0n) is 16.1. The highest BCUT2D eigenvalue weighted by atomic mass is 127. The number of allylic oxidation sites excluding steroid dienone is 1. The lowest BCUT2D eigenvalue weighted by molar-refractivity contribution is -0.0432. The van der Waals surface area contributed by atoms with Gasteiger partial charge < -0.3 is 15.0 Å². The Kier molecular flexibility index (Phi) is 11.7. The van der Waals surface area contributed by atoms with Gasteiger partial charge in [0.05, 0.1) is 19.3 Å². The molecule has 0 saturated carbocycles. The molecule has 2 aliphatic rings. The van der Waals surface area contributed by atoms with Gasteiger partial charge in [-0.15, -0.1) is 30.6 Å². The van der Waals surface area contributed by atoms with Gasteiger partial charge in [0.25, 0.3) is 0 Å². The van der Waals surface area contributed by atoms with Crippen LogP contribution in [0.2, 0.25) is 0 Å². The van der Waals surface area contributed by atoms with Crippen LogP contribution in [0.15, 0.2) is 17.6 Å². The largest absolute Gasteiger partial charge is 0.373 e. The van der Waals surface area contributed by atoms with Gasteiger partial charge in [-0.05, 0) is 45.6 Å². The van der Waals surface area contributed by atoms with E-state index in [2.05, 4.69) is 35.7 Å². The molecule has 0 amide bonds. The van der Waals surface area contributed by atoms with Gasteiger partial charge in [0, 0.05) is 32.7 Å². The second-order valence-corrected chi connectivity index (χ2v) is 7.00. The fourth-order valence-electron chi connectivity index (χ4n) is 3.57. The second kappa shape index (κ2) is 12.9. The van der Waals surface area contributed by atoms with E-state index in [1.165, 1.54) is 38.6 Å². The molecular formula is C19H37IN4O. The number of nitrogens with one attached hydrogen (secondary N) is 1. The molecule has 2 rings (SSSR count). The number of hydrogen-bond donors (Lipinski definition) is 1. The first-order valence-electron chi connectivity index (χ1n) is 9.70. The summed E-state index contributed by atoms with van der Waals surface area (Å²) in [5, 5.41) is 3.41. The SMILES string of the molecule is C=CCCCCCN(C)C(=NCC1CN2CCCC2CO1)NCC.I. The first-order chi connectivity index (χ1) is 11.7. The Hall–Kier alpha value is -0.340. The Balaban J connectivity index is 0.00000312. The summed E-state index contributed by atoms with van der Waals surface area (Å²) >= 11 is 0. The van der Waals surface area contributed by atoms with Crippen LogP contribution in [0.4, 0.5) is 0 Å². The average molecular weight is 464 g/mol. The van der Waals surface area contributed by atoms with Crippen molar-refractivity contribution in [2.24, 2.45) is 4.99 Å². The molecule has 2 unspecified atom stereocenters. The molecule has 0 aromatic carbocycles. The standard InChI is InChI=1S/C19H36N4O.HI/c1-4-6-7-8-9-12-22(3)19(20-5-2)21-14-18-15-23-13-10-11-17(23)16-24-18;/h4,17-18H,1,5-16H2,2-3H3,(H,20,21);1H. The quantitative estimate of drug-likeness (QED) is 0.187. The monoisotopic (exact) mass is 464 g/mol. The minimum Gasteiger partial charge on any atom is -0.373 e. The summed E-state index contributed by atoms with van der Waals surface area (Å²) in [6.45, 7) is 11.8. The third kappa shape index (κ3) is 7.83. The van der Waals surface area contributed by atoms with E-state index in [9.17, 15) is 0 Å². The molecule has 1 N–H and O–H groups in total. The van der Waals surface area contributed by atoms with Crippen LogP contribution < -0.4 is 5.32 Å². The summed E-state index contributed by atoms with van der Waals surface area (Å²) in [5.41, 5.74) is 0. The maximum atomic E-state index is 6.02. The van der Waals surface area contributed by atoms with Gasteiger partial charge in [-0.25, -0.2) is 0 Å². The fourth-order valence-corrected chi connectivity index (χ4v) is 3.57. The van der Waals surface area contributed by atoms with E-state index >= 15 is 0 Å². The number of hydrogen-bond acceptors (Lipinski definition) is 3. The number of fused-ring (bicyclic) bond motifs is 1. The van der Waals surface area contributed by atoms with Crippen LogP contribution in [0, 0.1) is 0 Å². The van der Waals surface area contributed by atoms with Crippen molar-refractivity contribution >= 4 is 29.9 Å². The van der Waals surface area contributed by atoms with Gasteiger partial charge in [0.15, 0.2) is 5.96 Å². The van der Waals surface area contributed by atoms with Gasteiger partial charge in [-0.1, -0.05) is 12.5 Å². The molecule has 2 saturated heterocycles. The number of aliphatic imine (C=N–C) groups is 1. The van der Waals surface area contributed by atoms with Crippen molar-refractivity contribution in [1.82, 2.24) is 15.1 Å². The molecular weight excluding hydrogens is 427 g/mol. The second-order valence-electron chi connectivity index (χ2n) is 7.00. The predicted octanol–water partition coefficient (Wildman–Crippen LogP) is 3.11. The minimum absolute atomic E-state index is 0. The Morgan fingerprint density at radius 1 is 1.40 bits per heavy atom. The minimum atomic E-state index is 0. The van der Waals surface area contributed by atoms with Gasteiger partial charge in [0.1, 0.15) is 0 Å². The lowest BCUT2D eigenvalue weighted by Gasteiger charge is -2.34. The van der Waals surface area contributed by atoms with E-state index in [0.717, 1.165) is 45.2 Å². The first-order valence-corrected chi connectivity index (χ1v) is 9.70. The first kappa shape index (κ1) is 22.7. The normalized spacial score (nSPS) is 23.7. The van der Waals surface area contributed by atoms with Crippen molar-refractivity contribution in [3.63, 3.8) is 0 Å². The molecule has 0 aliphatic carbocycles. The van der Waals surface area contributed by atoms with Crippen LogP contribution in [0.25, 0.3) is 0 Å². The molecule has 5 nitrogen and oxygen atoms in total. The van der Waals surface area contributed by atoms with Gasteiger partial charge in [0.2, 0.25) is 0 Å². The lowest BCUT2D eigenvalue weighted by Crippen LogP contribution is -2.47. The summed E-state index contributed by atoms with van der Waals surface area (Å²) in [5.74, 6) is 1.01. The van der Waals surface area contributed by atoms with Gasteiger partial charge in [-0.3, -0.25) is 9.89 Å². The maximum Gasteiger partial charge on any atom is 0.193 e. The number of ether oxygens (including phenoxy) is 1. The summed E-state index contributed by atoms with van der Waals surface area (Å²) in [6, 6.07) is 0.664. The van der Waals surface area contributed by atoms with Crippen LogP contribution in [-0.4, -0.2) is 74.3 Å². The summed E-state index contributed by atoms with van der Waals surface area (Å²) < 4.78 is 6.02. The highest BCUT2D eigenvalue weighted by Gasteiger charge is 2.32. The Bertz CT molecular complexity index is 405. The number of guanidine groups is 1. The number of nitrogens with zero attached hydrogens (tertiary/aromatic N) is 3. The van der Waals surface area contributed by atoms with Crippen molar-refractivity contribution in [1.29, 1.82) is 0 Å². The third-order valence-electron chi connectivity index (χ3n) is 5.00. The summed E-state index contributed by atoms with van der Waals surface area (Å²) in [7, 11) is 2.13. The van der Waals surface area contributed by atoms with E-state index in [1.54, 1.807) is 0 Å². The highest BCUT2D eigenvalue weighted by molar-refractivity contribution is 14.0. The van der Waals surface area contributed by atoms with Gasteiger partial charge in [-0.2, -0.15) is 0 Å². The molecule has 146 valence electrons. The summed E-state index contributed by atoms with van der Waals surface area (Å²) in [6.07, 6.45) is 9.67. The van der Waals surface area contributed by atoms with Crippen molar-refractivity contribution in [2.45, 2.75) is 57.6 Å². The molecule has 0 spiro atoms. The van der Waals surface area contributed by atoms with Crippen molar-refractivity contribution in [2.75, 3.05) is 46.4 Å². The molecule has 2 fully saturated rings. The topological polar surface area (TPSA) is 40.1 Å². The molecule has 0 radical (unpaired) electrons. The molecule has 2 aliphatic heterocycles. The van der Waals surface area contributed by atoms with Gasteiger partial charge >= 0.3 is 0 Å². The zero-order valence-corrected chi connectivity index (χ0v) is 18.4. The van der Waals surface area contributed by atoms with Crippen LogP contribution in [0.1, 0.15) is 45.4 Å². The van der Waals surface area contributed by atoms with Crippen LogP contribution in [-0.2, 0) is 4.74 Å². The number of rotatable bonds is 9. The Morgan fingerprint density at radius 2 is 2.24 bits per heavy atom. The zero-order chi connectivity index (χ0) is 17.2. The molecule has 0 aromatic heterocycles. The summed E-state index contributed by atoms with van der Waals surface area (Å²) in [4.78, 5) is 9.66. The number of morpholine rings is 1. The van der Waals surface area contributed by atoms with E-state index in [-0.39, 0.29) is 30.1 Å². The predicted molar refractivity (Wildman–Crippen MR) is 117 cm³/mol.